The molecular formula is C29H33NO2S. The zero-order valence-electron chi connectivity index (χ0n) is 19.0. The molecule has 2 aromatic rings. The topological polar surface area (TPSA) is 49.3 Å². The lowest BCUT2D eigenvalue weighted by atomic mass is 9.89. The highest BCUT2D eigenvalue weighted by Crippen LogP contribution is 2.43. The van der Waals surface area contributed by atoms with Gasteiger partial charge in [-0.1, -0.05) is 78.9 Å². The van der Waals surface area contributed by atoms with Gasteiger partial charge in [0.25, 0.3) is 0 Å². The molecule has 3 aliphatic rings. The van der Waals surface area contributed by atoms with E-state index in [1.807, 2.05) is 30.0 Å². The first-order chi connectivity index (χ1) is 16.2. The number of hydrogen-bond acceptors (Lipinski definition) is 3. The third kappa shape index (κ3) is 5.44. The molecule has 3 nitrogen and oxygen atoms in total. The van der Waals surface area contributed by atoms with Crippen LogP contribution in [0.4, 0.5) is 0 Å². The molecule has 0 radical (unpaired) electrons. The molecule has 2 aliphatic carbocycles. The standard InChI is InChI=1S/C29H33NO2S/c31-24(19-25-18-22-11-5-7-13-28(22)33-25)17-23(16-20-8-2-1-3-9-20)29(32)30-27-15-14-21-10-4-6-12-26(21)27/h1-13,22-25,27-28,31H,14-19H2,(H,30,32)/t22?,23?,24?,25?,27-,28?/m1/s1. The van der Waals surface area contributed by atoms with Gasteiger partial charge in [-0.05, 0) is 61.1 Å². The first-order valence-electron chi connectivity index (χ1n) is 12.3. The van der Waals surface area contributed by atoms with Crippen LogP contribution >= 0.6 is 11.8 Å². The Labute approximate surface area is 201 Å². The largest absolute Gasteiger partial charge is 0.393 e. The summed E-state index contributed by atoms with van der Waals surface area (Å²) in [6.45, 7) is 0. The monoisotopic (exact) mass is 459 g/mol. The summed E-state index contributed by atoms with van der Waals surface area (Å²) in [4.78, 5) is 13.4. The number of hydrogen-bond donors (Lipinski definition) is 2. The molecule has 1 amide bonds. The lowest BCUT2D eigenvalue weighted by Gasteiger charge is -2.24. The molecule has 6 atom stereocenters. The quantitative estimate of drug-likeness (QED) is 0.555. The van der Waals surface area contributed by atoms with Gasteiger partial charge in [-0.25, -0.2) is 0 Å². The van der Waals surface area contributed by atoms with Crippen molar-refractivity contribution in [3.05, 3.63) is 95.6 Å². The van der Waals surface area contributed by atoms with Crippen LogP contribution in [0.1, 0.15) is 48.4 Å². The molecule has 0 aromatic heterocycles. The fourth-order valence-electron chi connectivity index (χ4n) is 5.63. The van der Waals surface area contributed by atoms with Crippen LogP contribution in [0.15, 0.2) is 78.9 Å². The van der Waals surface area contributed by atoms with Crippen molar-refractivity contribution in [1.82, 2.24) is 5.32 Å². The number of carbonyl (C=O) groups is 1. The Morgan fingerprint density at radius 3 is 2.70 bits per heavy atom. The van der Waals surface area contributed by atoms with E-state index >= 15 is 0 Å². The highest BCUT2D eigenvalue weighted by molar-refractivity contribution is 8.00. The van der Waals surface area contributed by atoms with Crippen molar-refractivity contribution < 1.29 is 9.90 Å². The molecule has 5 rings (SSSR count). The summed E-state index contributed by atoms with van der Waals surface area (Å²) in [5.74, 6) is 0.421. The third-order valence-corrected chi connectivity index (χ3v) is 8.90. The van der Waals surface area contributed by atoms with Crippen molar-refractivity contribution in [2.24, 2.45) is 11.8 Å². The van der Waals surface area contributed by atoms with E-state index in [0.29, 0.717) is 29.3 Å². The van der Waals surface area contributed by atoms with Crippen LogP contribution in [-0.4, -0.2) is 27.6 Å². The van der Waals surface area contributed by atoms with Crippen LogP contribution < -0.4 is 5.32 Å². The number of fused-ring (bicyclic) bond motifs is 2. The first-order valence-corrected chi connectivity index (χ1v) is 13.2. The Kier molecular flexibility index (Phi) is 7.03. The van der Waals surface area contributed by atoms with E-state index in [4.69, 9.17) is 0 Å². The molecule has 4 heteroatoms. The van der Waals surface area contributed by atoms with Crippen LogP contribution in [0.25, 0.3) is 0 Å². The van der Waals surface area contributed by atoms with Crippen molar-refractivity contribution in [3.8, 4) is 0 Å². The summed E-state index contributed by atoms with van der Waals surface area (Å²) in [6.07, 6.45) is 13.4. The molecule has 172 valence electrons. The molecule has 33 heavy (non-hydrogen) atoms. The van der Waals surface area contributed by atoms with Crippen molar-refractivity contribution in [3.63, 3.8) is 0 Å². The van der Waals surface area contributed by atoms with E-state index in [2.05, 4.69) is 66.0 Å². The molecule has 1 fully saturated rings. The summed E-state index contributed by atoms with van der Waals surface area (Å²) in [7, 11) is 0. The number of thioether (sulfide) groups is 1. The van der Waals surface area contributed by atoms with Gasteiger partial charge in [0.1, 0.15) is 0 Å². The van der Waals surface area contributed by atoms with Gasteiger partial charge in [-0.2, -0.15) is 11.8 Å². The van der Waals surface area contributed by atoms with Gasteiger partial charge in [-0.15, -0.1) is 0 Å². The van der Waals surface area contributed by atoms with Crippen molar-refractivity contribution in [2.45, 2.75) is 61.2 Å². The molecule has 1 saturated heterocycles. The highest BCUT2D eigenvalue weighted by atomic mass is 32.2. The van der Waals surface area contributed by atoms with Crippen molar-refractivity contribution in [1.29, 1.82) is 0 Å². The second kappa shape index (κ2) is 10.3. The maximum Gasteiger partial charge on any atom is 0.224 e. The van der Waals surface area contributed by atoms with Gasteiger partial charge in [-0.3, -0.25) is 4.79 Å². The van der Waals surface area contributed by atoms with Crippen LogP contribution in [0, 0.1) is 11.8 Å². The zero-order valence-corrected chi connectivity index (χ0v) is 19.8. The van der Waals surface area contributed by atoms with Gasteiger partial charge in [0, 0.05) is 16.4 Å². The number of rotatable bonds is 8. The lowest BCUT2D eigenvalue weighted by molar-refractivity contribution is -0.126. The molecule has 5 unspecified atom stereocenters. The van der Waals surface area contributed by atoms with Crippen LogP contribution in [0.2, 0.25) is 0 Å². The Balaban J connectivity index is 1.24. The Morgan fingerprint density at radius 2 is 1.85 bits per heavy atom. The van der Waals surface area contributed by atoms with Gasteiger partial charge in [0.05, 0.1) is 12.1 Å². The van der Waals surface area contributed by atoms with E-state index in [-0.39, 0.29) is 17.9 Å². The molecule has 1 heterocycles. The minimum absolute atomic E-state index is 0.0678. The second-order valence-electron chi connectivity index (χ2n) is 9.70. The Hall–Kier alpha value is -2.30. The second-order valence-corrected chi connectivity index (χ2v) is 11.2. The van der Waals surface area contributed by atoms with Crippen molar-refractivity contribution in [2.75, 3.05) is 0 Å². The van der Waals surface area contributed by atoms with Crippen LogP contribution in [0.3, 0.4) is 0 Å². The van der Waals surface area contributed by atoms with Crippen LogP contribution in [0.5, 0.6) is 0 Å². The molecule has 2 N–H and O–H groups in total. The van der Waals surface area contributed by atoms with Crippen LogP contribution in [-0.2, 0) is 17.6 Å². The molecule has 0 spiro atoms. The third-order valence-electron chi connectivity index (χ3n) is 7.31. The SMILES string of the molecule is O=C(N[C@@H]1CCc2ccccc21)C(Cc1ccccc1)CC(O)CC1CC2C=CC=CC2S1. The number of allylic oxidation sites excluding steroid dienone is 3. The average Bonchev–Trinajstić information content (AvgIpc) is 3.43. The maximum atomic E-state index is 13.4. The average molecular weight is 460 g/mol. The number of amides is 1. The van der Waals surface area contributed by atoms with Gasteiger partial charge in [0.2, 0.25) is 5.91 Å². The minimum atomic E-state index is -0.467. The Bertz CT molecular complexity index is 997. The van der Waals surface area contributed by atoms with E-state index < -0.39 is 6.10 Å². The normalized spacial score (nSPS) is 27.1. The number of aliphatic hydroxyl groups is 1. The molecular weight excluding hydrogens is 426 g/mol. The predicted octanol–water partition coefficient (Wildman–Crippen LogP) is 5.41. The summed E-state index contributed by atoms with van der Waals surface area (Å²) in [6, 6.07) is 18.7. The van der Waals surface area contributed by atoms with E-state index in [9.17, 15) is 9.90 Å². The molecule has 0 saturated carbocycles. The Morgan fingerprint density at radius 1 is 1.06 bits per heavy atom. The first kappa shape index (κ1) is 22.5. The number of carbonyl (C=O) groups excluding carboxylic acids is 1. The maximum absolute atomic E-state index is 13.4. The number of aliphatic hydroxyl groups excluding tert-OH is 1. The highest BCUT2D eigenvalue weighted by Gasteiger charge is 2.35. The molecule has 1 aliphatic heterocycles. The smallest absolute Gasteiger partial charge is 0.224 e. The summed E-state index contributed by atoms with van der Waals surface area (Å²) in [5.41, 5.74) is 3.73. The van der Waals surface area contributed by atoms with Gasteiger partial charge in [0.15, 0.2) is 0 Å². The van der Waals surface area contributed by atoms with Gasteiger partial charge < -0.3 is 10.4 Å². The summed E-state index contributed by atoms with van der Waals surface area (Å²) >= 11 is 1.98. The summed E-state index contributed by atoms with van der Waals surface area (Å²) in [5, 5.41) is 15.3. The fourth-order valence-corrected chi connectivity index (χ4v) is 7.33. The van der Waals surface area contributed by atoms with E-state index in [1.165, 1.54) is 11.1 Å². The zero-order chi connectivity index (χ0) is 22.6. The lowest BCUT2D eigenvalue weighted by Crippen LogP contribution is -2.36. The van der Waals surface area contributed by atoms with Crippen molar-refractivity contribution >= 4 is 17.7 Å². The van der Waals surface area contributed by atoms with E-state index in [1.54, 1.807) is 0 Å². The number of benzene rings is 2. The number of nitrogens with one attached hydrogen (secondary N) is 1. The number of aryl methyl sites for hydroxylation is 1. The fraction of sp³-hybridized carbons (Fsp3) is 0.414. The summed E-state index contributed by atoms with van der Waals surface area (Å²) < 4.78 is 0. The van der Waals surface area contributed by atoms with E-state index in [0.717, 1.165) is 31.2 Å². The molecule has 2 aromatic carbocycles. The molecule has 0 bridgehead atoms. The van der Waals surface area contributed by atoms with Gasteiger partial charge >= 0.3 is 0 Å². The minimum Gasteiger partial charge on any atom is -0.393 e. The predicted molar refractivity (Wildman–Crippen MR) is 136 cm³/mol.